The minimum atomic E-state index is 0. The van der Waals surface area contributed by atoms with Crippen LogP contribution in [-0.2, 0) is 16.0 Å². The zero-order valence-electron chi connectivity index (χ0n) is 20.3. The van der Waals surface area contributed by atoms with Gasteiger partial charge in [-0.15, -0.1) is 24.0 Å². The van der Waals surface area contributed by atoms with Crippen molar-refractivity contribution in [2.24, 2.45) is 10.9 Å². The van der Waals surface area contributed by atoms with Crippen LogP contribution in [0.1, 0.15) is 57.4 Å². The summed E-state index contributed by atoms with van der Waals surface area (Å²) in [5.74, 6) is 3.18. The van der Waals surface area contributed by atoms with Crippen LogP contribution < -0.4 is 20.1 Å². The molecule has 0 atom stereocenters. The van der Waals surface area contributed by atoms with Gasteiger partial charge in [-0.3, -0.25) is 0 Å². The monoisotopic (exact) mass is 575 g/mol. The maximum Gasteiger partial charge on any atom is 0.191 e. The molecule has 2 N–H and O–H groups in total. The van der Waals surface area contributed by atoms with Gasteiger partial charge in [0.1, 0.15) is 11.5 Å². The van der Waals surface area contributed by atoms with Gasteiger partial charge in [-0.05, 0) is 69.9 Å². The van der Waals surface area contributed by atoms with Crippen molar-refractivity contribution in [2.75, 3.05) is 46.6 Å². The van der Waals surface area contributed by atoms with Gasteiger partial charge in [0.05, 0.1) is 19.8 Å². The molecule has 1 saturated carbocycles. The van der Waals surface area contributed by atoms with Gasteiger partial charge in [0.15, 0.2) is 5.96 Å². The number of hydrogen-bond acceptors (Lipinski definition) is 5. The second kappa shape index (κ2) is 16.4. The molecule has 0 amide bonds. The number of methoxy groups -OCH3 is 1. The number of rotatable bonds is 12. The van der Waals surface area contributed by atoms with E-state index < -0.39 is 0 Å². The molecule has 33 heavy (non-hydrogen) atoms. The number of ether oxygens (including phenoxy) is 4. The van der Waals surface area contributed by atoms with Crippen LogP contribution >= 0.6 is 24.0 Å². The van der Waals surface area contributed by atoms with Crippen molar-refractivity contribution >= 4 is 29.9 Å². The number of halogens is 1. The van der Waals surface area contributed by atoms with Gasteiger partial charge in [-0.2, -0.15) is 0 Å². The molecule has 1 aromatic rings. The van der Waals surface area contributed by atoms with Crippen molar-refractivity contribution in [2.45, 2.75) is 64.5 Å². The first-order valence-corrected chi connectivity index (χ1v) is 12.3. The number of hydrogen-bond donors (Lipinski definition) is 2. The second-order valence-electron chi connectivity index (χ2n) is 8.60. The lowest BCUT2D eigenvalue weighted by atomic mass is 10.0. The SMILES string of the molecule is CCNC(=NCc1ccc(OC)cc1OC1CCCC1)NCCCOCC1CCOCC1.I. The quantitative estimate of drug-likeness (QED) is 0.165. The van der Waals surface area contributed by atoms with E-state index >= 15 is 0 Å². The second-order valence-corrected chi connectivity index (χ2v) is 8.60. The van der Waals surface area contributed by atoms with E-state index in [2.05, 4.69) is 23.6 Å². The first-order valence-electron chi connectivity index (χ1n) is 12.3. The Bertz CT molecular complexity index is 692. The van der Waals surface area contributed by atoms with Gasteiger partial charge >= 0.3 is 0 Å². The third-order valence-corrected chi connectivity index (χ3v) is 6.07. The summed E-state index contributed by atoms with van der Waals surface area (Å²) in [5.41, 5.74) is 1.08. The van der Waals surface area contributed by atoms with Crippen molar-refractivity contribution in [3.8, 4) is 11.5 Å². The van der Waals surface area contributed by atoms with Gasteiger partial charge < -0.3 is 29.6 Å². The van der Waals surface area contributed by atoms with E-state index in [9.17, 15) is 0 Å². The third kappa shape index (κ3) is 10.3. The molecular formula is C25H42IN3O4. The van der Waals surface area contributed by atoms with Crippen molar-refractivity contribution in [3.05, 3.63) is 23.8 Å². The minimum absolute atomic E-state index is 0. The predicted octanol–water partition coefficient (Wildman–Crippen LogP) is 4.52. The van der Waals surface area contributed by atoms with Crippen LogP contribution in [0.4, 0.5) is 0 Å². The molecule has 2 aliphatic rings. The van der Waals surface area contributed by atoms with Crippen LogP contribution in [0.15, 0.2) is 23.2 Å². The number of nitrogens with one attached hydrogen (secondary N) is 2. The largest absolute Gasteiger partial charge is 0.497 e. The molecule has 0 aromatic heterocycles. The predicted molar refractivity (Wildman–Crippen MR) is 143 cm³/mol. The van der Waals surface area contributed by atoms with E-state index in [4.69, 9.17) is 23.9 Å². The van der Waals surface area contributed by atoms with Crippen LogP contribution in [0.3, 0.4) is 0 Å². The topological polar surface area (TPSA) is 73.3 Å². The molecule has 1 aromatic carbocycles. The van der Waals surface area contributed by atoms with Crippen molar-refractivity contribution < 1.29 is 18.9 Å². The maximum atomic E-state index is 6.30. The molecule has 0 bridgehead atoms. The number of benzene rings is 1. The van der Waals surface area contributed by atoms with Gasteiger partial charge in [0.25, 0.3) is 0 Å². The average molecular weight is 576 g/mol. The van der Waals surface area contributed by atoms with Gasteiger partial charge in [0.2, 0.25) is 0 Å². The first kappa shape index (κ1) is 28.0. The molecule has 0 spiro atoms. The molecule has 3 rings (SSSR count). The van der Waals surface area contributed by atoms with Crippen LogP contribution in [-0.4, -0.2) is 58.7 Å². The molecule has 1 saturated heterocycles. The lowest BCUT2D eigenvalue weighted by Gasteiger charge is -2.21. The highest BCUT2D eigenvalue weighted by Crippen LogP contribution is 2.30. The summed E-state index contributed by atoms with van der Waals surface area (Å²) in [4.78, 5) is 4.78. The molecule has 2 fully saturated rings. The smallest absolute Gasteiger partial charge is 0.191 e. The highest BCUT2D eigenvalue weighted by atomic mass is 127. The Kier molecular flexibility index (Phi) is 13.9. The summed E-state index contributed by atoms with van der Waals surface area (Å²) in [6.07, 6.45) is 8.23. The van der Waals surface area contributed by atoms with Crippen LogP contribution in [0.2, 0.25) is 0 Å². The van der Waals surface area contributed by atoms with Gasteiger partial charge in [-0.1, -0.05) is 0 Å². The van der Waals surface area contributed by atoms with E-state index in [1.807, 2.05) is 12.1 Å². The van der Waals surface area contributed by atoms with E-state index in [0.717, 1.165) is 94.6 Å². The third-order valence-electron chi connectivity index (χ3n) is 6.07. The maximum absolute atomic E-state index is 6.30. The van der Waals surface area contributed by atoms with Gasteiger partial charge in [0, 0.05) is 51.1 Å². The van der Waals surface area contributed by atoms with E-state index in [1.54, 1.807) is 7.11 Å². The normalized spacial score (nSPS) is 17.5. The Labute approximate surface area is 216 Å². The molecule has 0 radical (unpaired) electrons. The van der Waals surface area contributed by atoms with Crippen LogP contribution in [0.5, 0.6) is 11.5 Å². The summed E-state index contributed by atoms with van der Waals surface area (Å²) >= 11 is 0. The zero-order valence-corrected chi connectivity index (χ0v) is 22.6. The van der Waals surface area contributed by atoms with Crippen molar-refractivity contribution in [1.82, 2.24) is 10.6 Å². The summed E-state index contributed by atoms with van der Waals surface area (Å²) in [7, 11) is 1.69. The molecule has 0 unspecified atom stereocenters. The Balaban J connectivity index is 0.00000385. The van der Waals surface area contributed by atoms with Crippen LogP contribution in [0.25, 0.3) is 0 Å². The number of guanidine groups is 1. The molecule has 1 aliphatic carbocycles. The fraction of sp³-hybridized carbons (Fsp3) is 0.720. The first-order chi connectivity index (χ1) is 15.8. The fourth-order valence-electron chi connectivity index (χ4n) is 4.14. The van der Waals surface area contributed by atoms with Crippen LogP contribution in [0, 0.1) is 5.92 Å². The van der Waals surface area contributed by atoms with Crippen molar-refractivity contribution in [1.29, 1.82) is 0 Å². The molecule has 7 nitrogen and oxygen atoms in total. The summed E-state index contributed by atoms with van der Waals surface area (Å²) in [6.45, 7) is 7.64. The Hall–Kier alpha value is -1.26. The molecular weight excluding hydrogens is 533 g/mol. The molecule has 8 heteroatoms. The summed E-state index contributed by atoms with van der Waals surface area (Å²) in [5, 5.41) is 6.75. The lowest BCUT2D eigenvalue weighted by Crippen LogP contribution is -2.38. The fourth-order valence-corrected chi connectivity index (χ4v) is 4.14. The van der Waals surface area contributed by atoms with E-state index in [-0.39, 0.29) is 24.0 Å². The Morgan fingerprint density at radius 2 is 1.91 bits per heavy atom. The van der Waals surface area contributed by atoms with E-state index in [0.29, 0.717) is 18.6 Å². The van der Waals surface area contributed by atoms with Gasteiger partial charge in [-0.25, -0.2) is 4.99 Å². The lowest BCUT2D eigenvalue weighted by molar-refractivity contribution is 0.0203. The Morgan fingerprint density at radius 1 is 1.12 bits per heavy atom. The standard InChI is InChI=1S/C25H41N3O4.HI/c1-3-26-25(27-13-6-14-31-19-20-11-15-30-16-12-20)28-18-21-9-10-23(29-2)17-24(21)32-22-7-4-5-8-22;/h9-10,17,20,22H,3-8,11-16,18-19H2,1-2H3,(H2,26,27,28);1H. The summed E-state index contributed by atoms with van der Waals surface area (Å²) < 4.78 is 23.0. The number of aliphatic imine (C=N–C) groups is 1. The molecule has 1 aliphatic heterocycles. The highest BCUT2D eigenvalue weighted by Gasteiger charge is 2.18. The highest BCUT2D eigenvalue weighted by molar-refractivity contribution is 14.0. The van der Waals surface area contributed by atoms with E-state index in [1.165, 1.54) is 12.8 Å². The average Bonchev–Trinajstić information content (AvgIpc) is 3.34. The van der Waals surface area contributed by atoms with Crippen molar-refractivity contribution in [3.63, 3.8) is 0 Å². The minimum Gasteiger partial charge on any atom is -0.497 e. The summed E-state index contributed by atoms with van der Waals surface area (Å²) in [6, 6.07) is 6.02. The number of nitrogens with zero attached hydrogens (tertiary/aromatic N) is 1. The molecule has 1 heterocycles. The Morgan fingerprint density at radius 3 is 2.64 bits per heavy atom. The zero-order chi connectivity index (χ0) is 22.4. The molecule has 188 valence electrons.